The molecule has 1 heterocycles. The molecule has 1 aromatic rings. The molecule has 2 N–H and O–H groups in total. The number of aromatic amines is 1. The average Bonchev–Trinajstić information content (AvgIpc) is 3.04. The lowest BCUT2D eigenvalue weighted by molar-refractivity contribution is 0.273. The summed E-state index contributed by atoms with van der Waals surface area (Å²) in [5.41, 5.74) is 0.980. The Hall–Kier alpha value is -0.920. The van der Waals surface area contributed by atoms with Gasteiger partial charge in [-0.1, -0.05) is 26.7 Å². The third-order valence-electron chi connectivity index (χ3n) is 4.02. The van der Waals surface area contributed by atoms with Crippen LogP contribution in [0.3, 0.4) is 0 Å². The molecule has 7 heteroatoms. The molecule has 1 fully saturated rings. The molecular weight excluding hydrogens is 290 g/mol. The highest BCUT2D eigenvalue weighted by molar-refractivity contribution is 7.89. The molecule has 0 amide bonds. The number of nitrogens with zero attached hydrogens (tertiary/aromatic N) is 2. The second-order valence-electron chi connectivity index (χ2n) is 6.20. The molecule has 6 nitrogen and oxygen atoms in total. The molecule has 0 saturated heterocycles. The van der Waals surface area contributed by atoms with E-state index in [4.69, 9.17) is 0 Å². The van der Waals surface area contributed by atoms with Gasteiger partial charge in [-0.05, 0) is 25.7 Å². The Labute approximate surface area is 126 Å². The van der Waals surface area contributed by atoms with Crippen LogP contribution in [0.25, 0.3) is 0 Å². The lowest BCUT2D eigenvalue weighted by Gasteiger charge is -2.29. The molecule has 21 heavy (non-hydrogen) atoms. The highest BCUT2D eigenvalue weighted by Crippen LogP contribution is 2.30. The Kier molecular flexibility index (Phi) is 5.06. The van der Waals surface area contributed by atoms with Crippen LogP contribution in [0.5, 0.6) is 0 Å². The zero-order valence-corrected chi connectivity index (χ0v) is 13.8. The van der Waals surface area contributed by atoms with Crippen LogP contribution >= 0.6 is 0 Å². The van der Waals surface area contributed by atoms with Crippen molar-refractivity contribution in [3.8, 4) is 0 Å². The fourth-order valence-electron chi connectivity index (χ4n) is 2.94. The van der Waals surface area contributed by atoms with E-state index in [9.17, 15) is 13.5 Å². The molecule has 1 aromatic heterocycles. The van der Waals surface area contributed by atoms with Crippen molar-refractivity contribution in [3.05, 3.63) is 11.3 Å². The highest BCUT2D eigenvalue weighted by atomic mass is 32.2. The molecule has 0 atom stereocenters. The molecule has 0 aliphatic heterocycles. The van der Waals surface area contributed by atoms with E-state index in [1.54, 1.807) is 11.2 Å². The van der Waals surface area contributed by atoms with Crippen molar-refractivity contribution in [1.82, 2.24) is 14.5 Å². The number of aliphatic hydroxyl groups excluding tert-OH is 1. The van der Waals surface area contributed by atoms with Gasteiger partial charge in [0.2, 0.25) is 0 Å². The van der Waals surface area contributed by atoms with Gasteiger partial charge in [0.15, 0.2) is 5.03 Å². The predicted molar refractivity (Wildman–Crippen MR) is 80.2 cm³/mol. The number of aryl methyl sites for hydroxylation is 1. The van der Waals surface area contributed by atoms with E-state index >= 15 is 0 Å². The van der Waals surface area contributed by atoms with Crippen LogP contribution in [0.1, 0.15) is 50.8 Å². The van der Waals surface area contributed by atoms with Crippen LogP contribution in [0, 0.1) is 12.8 Å². The van der Waals surface area contributed by atoms with Crippen LogP contribution < -0.4 is 0 Å². The number of aliphatic hydroxyl groups is 1. The van der Waals surface area contributed by atoms with Crippen LogP contribution in [-0.4, -0.2) is 40.6 Å². The first-order valence-electron chi connectivity index (χ1n) is 7.54. The van der Waals surface area contributed by atoms with E-state index in [-0.39, 0.29) is 23.6 Å². The van der Waals surface area contributed by atoms with E-state index in [1.807, 2.05) is 13.8 Å². The Bertz CT molecular complexity index is 574. The summed E-state index contributed by atoms with van der Waals surface area (Å²) >= 11 is 0. The third-order valence-corrected chi connectivity index (χ3v) is 5.92. The minimum absolute atomic E-state index is 0.0185. The van der Waals surface area contributed by atoms with Gasteiger partial charge in [-0.3, -0.25) is 5.10 Å². The molecule has 0 unspecified atom stereocenters. The first kappa shape index (κ1) is 16.5. The monoisotopic (exact) mass is 315 g/mol. The number of nitrogens with one attached hydrogen (secondary N) is 1. The van der Waals surface area contributed by atoms with Gasteiger partial charge in [0.05, 0.1) is 6.61 Å². The number of hydrogen-bond acceptors (Lipinski definition) is 4. The molecular formula is C14H25N3O3S. The van der Waals surface area contributed by atoms with Crippen molar-refractivity contribution < 1.29 is 13.5 Å². The second kappa shape index (κ2) is 6.46. The summed E-state index contributed by atoms with van der Waals surface area (Å²) < 4.78 is 27.6. The maximum Gasteiger partial charge on any atom is 0.263 e. The van der Waals surface area contributed by atoms with Crippen molar-refractivity contribution in [2.24, 2.45) is 5.92 Å². The van der Waals surface area contributed by atoms with Crippen LogP contribution in [0.2, 0.25) is 0 Å². The van der Waals surface area contributed by atoms with E-state index in [1.165, 1.54) is 0 Å². The average molecular weight is 315 g/mol. The van der Waals surface area contributed by atoms with Crippen LogP contribution in [-0.2, 0) is 16.6 Å². The Morgan fingerprint density at radius 1 is 1.38 bits per heavy atom. The zero-order valence-electron chi connectivity index (χ0n) is 13.0. The van der Waals surface area contributed by atoms with E-state index in [0.717, 1.165) is 25.7 Å². The Morgan fingerprint density at radius 3 is 2.52 bits per heavy atom. The maximum absolute atomic E-state index is 13.0. The summed E-state index contributed by atoms with van der Waals surface area (Å²) in [6.07, 6.45) is 3.95. The summed E-state index contributed by atoms with van der Waals surface area (Å²) in [6.45, 7) is 5.92. The second-order valence-corrected chi connectivity index (χ2v) is 8.00. The number of sulfonamides is 1. The fourth-order valence-corrected chi connectivity index (χ4v) is 4.95. The molecule has 1 aliphatic rings. The Balaban J connectivity index is 2.40. The summed E-state index contributed by atoms with van der Waals surface area (Å²) in [5.74, 6) is 0.248. The van der Waals surface area contributed by atoms with Crippen LogP contribution in [0.15, 0.2) is 5.03 Å². The lowest BCUT2D eigenvalue weighted by Crippen LogP contribution is -2.41. The first-order chi connectivity index (χ1) is 9.87. The van der Waals surface area contributed by atoms with Crippen molar-refractivity contribution in [3.63, 3.8) is 0 Å². The van der Waals surface area contributed by atoms with Gasteiger partial charge in [0.1, 0.15) is 0 Å². The summed E-state index contributed by atoms with van der Waals surface area (Å²) in [5, 5.41) is 16.0. The quantitative estimate of drug-likeness (QED) is 0.838. The Morgan fingerprint density at radius 2 is 2.00 bits per heavy atom. The van der Waals surface area contributed by atoms with Crippen molar-refractivity contribution in [2.45, 2.75) is 64.1 Å². The summed E-state index contributed by atoms with van der Waals surface area (Å²) in [7, 11) is -3.67. The summed E-state index contributed by atoms with van der Waals surface area (Å²) in [4.78, 5) is 0. The molecule has 120 valence electrons. The molecule has 0 aromatic carbocycles. The van der Waals surface area contributed by atoms with Gasteiger partial charge in [0, 0.05) is 23.8 Å². The molecule has 0 spiro atoms. The smallest absolute Gasteiger partial charge is 0.263 e. The minimum Gasteiger partial charge on any atom is -0.392 e. The van der Waals surface area contributed by atoms with Gasteiger partial charge in [-0.25, -0.2) is 8.42 Å². The van der Waals surface area contributed by atoms with E-state index in [2.05, 4.69) is 10.2 Å². The number of hydrogen-bond donors (Lipinski definition) is 2. The van der Waals surface area contributed by atoms with Gasteiger partial charge in [-0.2, -0.15) is 9.40 Å². The standard InChI is InChI=1S/C14H25N3O3S/c1-10(2)8-17(12-6-4-5-7-12)21(19,20)14-13(9-18)11(3)15-16-14/h10,12,18H,4-9H2,1-3H3,(H,15,16). The lowest BCUT2D eigenvalue weighted by atomic mass is 10.2. The molecule has 1 saturated carbocycles. The molecule has 2 rings (SSSR count). The largest absolute Gasteiger partial charge is 0.392 e. The number of aromatic nitrogens is 2. The van der Waals surface area contributed by atoms with Crippen molar-refractivity contribution in [1.29, 1.82) is 0 Å². The fraction of sp³-hybridized carbons (Fsp3) is 0.786. The van der Waals surface area contributed by atoms with Crippen LogP contribution in [0.4, 0.5) is 0 Å². The third kappa shape index (κ3) is 3.30. The summed E-state index contributed by atoms with van der Waals surface area (Å²) in [6, 6.07) is 0.0564. The maximum atomic E-state index is 13.0. The molecule has 0 radical (unpaired) electrons. The molecule has 1 aliphatic carbocycles. The highest BCUT2D eigenvalue weighted by Gasteiger charge is 2.36. The minimum atomic E-state index is -3.67. The van der Waals surface area contributed by atoms with E-state index in [0.29, 0.717) is 17.8 Å². The number of rotatable bonds is 6. The van der Waals surface area contributed by atoms with Gasteiger partial charge >= 0.3 is 0 Å². The number of H-pyrrole nitrogens is 1. The zero-order chi connectivity index (χ0) is 15.6. The topological polar surface area (TPSA) is 86.3 Å². The van der Waals surface area contributed by atoms with E-state index < -0.39 is 10.0 Å². The SMILES string of the molecule is Cc1[nH]nc(S(=O)(=O)N(CC(C)C)C2CCCC2)c1CO. The van der Waals surface area contributed by atoms with Crippen molar-refractivity contribution in [2.75, 3.05) is 6.54 Å². The van der Waals surface area contributed by atoms with Gasteiger partial charge in [0.25, 0.3) is 10.0 Å². The predicted octanol–water partition coefficient (Wildman–Crippen LogP) is 1.80. The van der Waals surface area contributed by atoms with Crippen molar-refractivity contribution >= 4 is 10.0 Å². The normalized spacial score (nSPS) is 17.2. The first-order valence-corrected chi connectivity index (χ1v) is 8.98. The van der Waals surface area contributed by atoms with Gasteiger partial charge < -0.3 is 5.11 Å². The molecule has 0 bridgehead atoms. The van der Waals surface area contributed by atoms with Gasteiger partial charge in [-0.15, -0.1) is 0 Å².